The van der Waals surface area contributed by atoms with Gasteiger partial charge in [0, 0.05) is 0 Å². The quantitative estimate of drug-likeness (QED) is 0.486. The van der Waals surface area contributed by atoms with E-state index in [1.807, 2.05) is 0 Å². The van der Waals surface area contributed by atoms with Crippen LogP contribution in [0.2, 0.25) is 0 Å². The molecule has 1 heterocycles. The van der Waals surface area contributed by atoms with Gasteiger partial charge in [0.1, 0.15) is 0 Å². The van der Waals surface area contributed by atoms with Gasteiger partial charge in [-0.1, -0.05) is 0 Å². The van der Waals surface area contributed by atoms with Crippen molar-refractivity contribution < 1.29 is 0 Å². The minimum atomic E-state index is 0.918. The Kier molecular flexibility index (Phi) is 3.79. The molecule has 0 aromatic carbocycles. The number of rotatable bonds is 1. The maximum absolute atomic E-state index is 4.28. The van der Waals surface area contributed by atoms with Crippen molar-refractivity contribution in [2.75, 3.05) is 13.1 Å². The average molecular weight is 268 g/mol. The van der Waals surface area contributed by atoms with Gasteiger partial charge in [0.2, 0.25) is 0 Å². The summed E-state index contributed by atoms with van der Waals surface area (Å²) in [6, 6.07) is 0. The molecular weight excluding hydrogens is 258 g/mol. The number of hydrogen-bond donors (Lipinski definition) is 0. The van der Waals surface area contributed by atoms with Crippen LogP contribution in [0.5, 0.6) is 0 Å². The Morgan fingerprint density at radius 3 is 2.20 bits per heavy atom. The molecule has 10 heavy (non-hydrogen) atoms. The van der Waals surface area contributed by atoms with Gasteiger partial charge in [0.25, 0.3) is 0 Å². The first-order valence-electron chi connectivity index (χ1n) is 3.46. The molecule has 0 aromatic heterocycles. The molecule has 1 saturated heterocycles. The molecule has 1 rings (SSSR count). The van der Waals surface area contributed by atoms with Crippen LogP contribution >= 0.6 is 0 Å². The van der Waals surface area contributed by atoms with E-state index in [4.69, 9.17) is 0 Å². The second-order valence-corrected chi connectivity index (χ2v) is 5.31. The molecular formula is C6H10N2Se2. The molecule has 0 aliphatic carbocycles. The van der Waals surface area contributed by atoms with Gasteiger partial charge in [-0.15, -0.1) is 0 Å². The number of hydrogen-bond acceptors (Lipinski definition) is 2. The predicted octanol–water partition coefficient (Wildman–Crippen LogP) is 0.0803. The van der Waals surface area contributed by atoms with Crippen LogP contribution in [0.3, 0.4) is 0 Å². The molecule has 1 aliphatic rings. The van der Waals surface area contributed by atoms with E-state index in [9.17, 15) is 0 Å². The Hall–Kier alpha value is 0.509. The van der Waals surface area contributed by atoms with Gasteiger partial charge in [-0.25, -0.2) is 0 Å². The van der Waals surface area contributed by atoms with Gasteiger partial charge in [-0.3, -0.25) is 0 Å². The molecule has 2 nitrogen and oxygen atoms in total. The maximum atomic E-state index is 4.28. The SMILES string of the molecule is [Se]C([Se])=NN1CCCCC1. The fraction of sp³-hybridized carbons (Fsp3) is 0.833. The van der Waals surface area contributed by atoms with Crippen LogP contribution in [0.4, 0.5) is 0 Å². The summed E-state index contributed by atoms with van der Waals surface area (Å²) in [5.74, 6) is 0. The van der Waals surface area contributed by atoms with Crippen LogP contribution in [0.1, 0.15) is 19.3 Å². The number of hydrazone groups is 1. The van der Waals surface area contributed by atoms with Crippen molar-refractivity contribution in [2.45, 2.75) is 19.3 Å². The van der Waals surface area contributed by atoms with E-state index in [2.05, 4.69) is 42.1 Å². The minimum absolute atomic E-state index is 0.918. The standard InChI is InChI=1S/C6H10N2Se2/c9-6(10)7-8-4-2-1-3-5-8/h1-5H2. The van der Waals surface area contributed by atoms with E-state index >= 15 is 0 Å². The van der Waals surface area contributed by atoms with Crippen LogP contribution in [0.15, 0.2) is 5.10 Å². The van der Waals surface area contributed by atoms with Gasteiger partial charge >= 0.3 is 78.0 Å². The molecule has 0 amide bonds. The Morgan fingerprint density at radius 2 is 1.70 bits per heavy atom. The third-order valence-corrected chi connectivity index (χ3v) is 1.90. The van der Waals surface area contributed by atoms with Crippen LogP contribution in [0, 0.1) is 0 Å². The Bertz CT molecular complexity index is 126. The molecule has 4 heteroatoms. The van der Waals surface area contributed by atoms with Crippen molar-refractivity contribution in [1.82, 2.24) is 5.01 Å². The van der Waals surface area contributed by atoms with Crippen molar-refractivity contribution in [3.63, 3.8) is 0 Å². The zero-order valence-electron chi connectivity index (χ0n) is 5.75. The normalized spacial score (nSPS) is 18.6. The summed E-state index contributed by atoms with van der Waals surface area (Å²) in [5.41, 5.74) is 0. The fourth-order valence-corrected chi connectivity index (χ4v) is 1.58. The molecule has 0 N–H and O–H groups in total. The average Bonchev–Trinajstić information content (AvgIpc) is 1.88. The molecule has 0 unspecified atom stereocenters. The zero-order chi connectivity index (χ0) is 7.40. The third-order valence-electron chi connectivity index (χ3n) is 1.56. The summed E-state index contributed by atoms with van der Waals surface area (Å²) >= 11 is 5.68. The van der Waals surface area contributed by atoms with Crippen molar-refractivity contribution in [3.05, 3.63) is 0 Å². The molecule has 1 fully saturated rings. The first kappa shape index (κ1) is 8.60. The topological polar surface area (TPSA) is 15.6 Å². The molecule has 0 atom stereocenters. The molecule has 0 bridgehead atoms. The molecule has 0 aromatic rings. The zero-order valence-corrected chi connectivity index (χ0v) is 9.17. The number of piperidine rings is 1. The van der Waals surface area contributed by atoms with Gasteiger partial charge in [-0.05, 0) is 0 Å². The van der Waals surface area contributed by atoms with E-state index in [1.165, 1.54) is 19.3 Å². The van der Waals surface area contributed by atoms with E-state index < -0.39 is 0 Å². The summed E-state index contributed by atoms with van der Waals surface area (Å²) in [5, 5.41) is 6.39. The van der Waals surface area contributed by atoms with E-state index in [0.29, 0.717) is 0 Å². The van der Waals surface area contributed by atoms with Gasteiger partial charge in [0.05, 0.1) is 0 Å². The van der Waals surface area contributed by atoms with E-state index in [0.717, 1.165) is 16.6 Å². The molecule has 0 saturated carbocycles. The van der Waals surface area contributed by atoms with Crippen LogP contribution in [-0.4, -0.2) is 53.6 Å². The van der Waals surface area contributed by atoms with Crippen molar-refractivity contribution in [3.8, 4) is 0 Å². The van der Waals surface area contributed by atoms with Crippen molar-refractivity contribution in [1.29, 1.82) is 0 Å². The monoisotopic (exact) mass is 270 g/mol. The fourth-order valence-electron chi connectivity index (χ4n) is 1.09. The van der Waals surface area contributed by atoms with E-state index in [1.54, 1.807) is 0 Å². The third kappa shape index (κ3) is 3.07. The first-order chi connectivity index (χ1) is 4.79. The first-order valence-corrected chi connectivity index (χ1v) is 5.18. The molecule has 56 valence electrons. The second-order valence-electron chi connectivity index (χ2n) is 2.38. The van der Waals surface area contributed by atoms with E-state index in [-0.39, 0.29) is 0 Å². The Balaban J connectivity index is 2.33. The Morgan fingerprint density at radius 1 is 1.10 bits per heavy atom. The van der Waals surface area contributed by atoms with Gasteiger partial charge in [-0.2, -0.15) is 0 Å². The summed E-state index contributed by atoms with van der Waals surface area (Å²) in [6.45, 7) is 2.24. The Labute approximate surface area is 78.1 Å². The van der Waals surface area contributed by atoms with Crippen molar-refractivity contribution >= 4 is 35.5 Å². The van der Waals surface area contributed by atoms with Gasteiger partial charge < -0.3 is 0 Å². The van der Waals surface area contributed by atoms with Crippen LogP contribution < -0.4 is 0 Å². The molecule has 1 aliphatic heterocycles. The molecule has 2 radical (unpaired) electrons. The predicted molar refractivity (Wildman–Crippen MR) is 44.4 cm³/mol. The summed E-state index contributed by atoms with van der Waals surface area (Å²) in [7, 11) is 0. The van der Waals surface area contributed by atoms with Gasteiger partial charge in [0.15, 0.2) is 0 Å². The van der Waals surface area contributed by atoms with Crippen molar-refractivity contribution in [2.24, 2.45) is 5.10 Å². The molecule has 0 spiro atoms. The number of nitrogens with zero attached hydrogens (tertiary/aromatic N) is 2. The summed E-state index contributed by atoms with van der Waals surface area (Å²) < 4.78 is 0.918. The van der Waals surface area contributed by atoms with Crippen LogP contribution in [0.25, 0.3) is 0 Å². The summed E-state index contributed by atoms with van der Waals surface area (Å²) in [6.07, 6.45) is 3.94. The second kappa shape index (κ2) is 4.40. The van der Waals surface area contributed by atoms with Crippen LogP contribution in [-0.2, 0) is 0 Å². The summed E-state index contributed by atoms with van der Waals surface area (Å²) in [4.78, 5) is 0.